The van der Waals surface area contributed by atoms with Gasteiger partial charge >= 0.3 is 11.9 Å². The monoisotopic (exact) mass is 339 g/mol. The molecule has 0 aliphatic heterocycles. The van der Waals surface area contributed by atoms with Crippen LogP contribution in [0.4, 0.5) is 0 Å². The molecule has 1 aromatic rings. The van der Waals surface area contributed by atoms with Crippen molar-refractivity contribution in [3.05, 3.63) is 20.3 Å². The molecule has 0 unspecified atom stereocenters. The highest BCUT2D eigenvalue weighted by atomic mass is 35.5. The highest BCUT2D eigenvalue weighted by Crippen LogP contribution is 2.31. The SMILES string of the molecule is COC(=O)CC[C@H](NC(=O)c1cc(Cl)sc1Cl)C(=O)O. The molecular formula is C11H11Cl2NO5S. The molecule has 0 aliphatic rings. The number of hydrogen-bond donors (Lipinski definition) is 2. The number of rotatable bonds is 6. The van der Waals surface area contributed by atoms with E-state index in [1.54, 1.807) is 0 Å². The zero-order valence-electron chi connectivity index (χ0n) is 10.3. The average Bonchev–Trinajstić information content (AvgIpc) is 2.72. The Labute approximate surface area is 128 Å². The topological polar surface area (TPSA) is 92.7 Å². The Morgan fingerprint density at radius 1 is 1.45 bits per heavy atom. The summed E-state index contributed by atoms with van der Waals surface area (Å²) in [5.74, 6) is -2.46. The molecule has 110 valence electrons. The van der Waals surface area contributed by atoms with Crippen molar-refractivity contribution in [1.29, 1.82) is 0 Å². The fourth-order valence-corrected chi connectivity index (χ4v) is 2.81. The van der Waals surface area contributed by atoms with Gasteiger partial charge in [-0.2, -0.15) is 0 Å². The van der Waals surface area contributed by atoms with Gasteiger partial charge in [-0.25, -0.2) is 4.79 Å². The number of amides is 1. The fraction of sp³-hybridized carbons (Fsp3) is 0.364. The molecule has 1 rings (SSSR count). The molecule has 2 N–H and O–H groups in total. The molecule has 9 heteroatoms. The van der Waals surface area contributed by atoms with Crippen molar-refractivity contribution in [2.24, 2.45) is 0 Å². The lowest BCUT2D eigenvalue weighted by Crippen LogP contribution is -2.41. The number of carbonyl (C=O) groups excluding carboxylic acids is 2. The van der Waals surface area contributed by atoms with Crippen molar-refractivity contribution in [1.82, 2.24) is 5.32 Å². The van der Waals surface area contributed by atoms with Crippen LogP contribution >= 0.6 is 34.5 Å². The van der Waals surface area contributed by atoms with Crippen molar-refractivity contribution in [3.8, 4) is 0 Å². The maximum atomic E-state index is 11.9. The van der Waals surface area contributed by atoms with E-state index in [0.717, 1.165) is 11.3 Å². The summed E-state index contributed by atoms with van der Waals surface area (Å²) in [6.07, 6.45) is -0.199. The van der Waals surface area contributed by atoms with Gasteiger partial charge in [0.25, 0.3) is 5.91 Å². The summed E-state index contributed by atoms with van der Waals surface area (Å²) < 4.78 is 4.90. The van der Waals surface area contributed by atoms with E-state index in [-0.39, 0.29) is 22.7 Å². The van der Waals surface area contributed by atoms with Crippen LogP contribution in [0.1, 0.15) is 23.2 Å². The lowest BCUT2D eigenvalue weighted by atomic mass is 10.1. The predicted molar refractivity (Wildman–Crippen MR) is 74.5 cm³/mol. The van der Waals surface area contributed by atoms with Crippen molar-refractivity contribution in [2.75, 3.05) is 7.11 Å². The van der Waals surface area contributed by atoms with Gasteiger partial charge in [-0.15, -0.1) is 11.3 Å². The highest BCUT2D eigenvalue weighted by molar-refractivity contribution is 7.20. The Kier molecular flexibility index (Phi) is 6.25. The number of carboxylic acid groups (broad SMARTS) is 1. The molecule has 1 amide bonds. The van der Waals surface area contributed by atoms with Crippen LogP contribution in [-0.2, 0) is 14.3 Å². The van der Waals surface area contributed by atoms with E-state index >= 15 is 0 Å². The molecule has 0 saturated heterocycles. The molecule has 1 heterocycles. The highest BCUT2D eigenvalue weighted by Gasteiger charge is 2.23. The number of carboxylic acids is 1. The first-order valence-corrected chi connectivity index (χ1v) is 6.97. The first-order valence-electron chi connectivity index (χ1n) is 5.40. The van der Waals surface area contributed by atoms with Crippen LogP contribution in [0.3, 0.4) is 0 Å². The Balaban J connectivity index is 2.70. The molecular weight excluding hydrogens is 329 g/mol. The standard InChI is InChI=1S/C11H11Cl2NO5S/c1-19-8(15)3-2-6(11(17)18)14-10(16)5-4-7(12)20-9(5)13/h4,6H,2-3H2,1H3,(H,14,16)(H,17,18)/t6-/m0/s1. The molecule has 0 radical (unpaired) electrons. The van der Waals surface area contributed by atoms with E-state index in [9.17, 15) is 14.4 Å². The third-order valence-corrected chi connectivity index (χ3v) is 3.86. The van der Waals surface area contributed by atoms with Crippen molar-refractivity contribution >= 4 is 52.4 Å². The van der Waals surface area contributed by atoms with Crippen LogP contribution in [0.15, 0.2) is 6.07 Å². The Morgan fingerprint density at radius 3 is 2.55 bits per heavy atom. The summed E-state index contributed by atoms with van der Waals surface area (Å²) in [5, 5.41) is 11.3. The number of aliphatic carboxylic acids is 1. The molecule has 0 saturated carbocycles. The Morgan fingerprint density at radius 2 is 2.10 bits per heavy atom. The summed E-state index contributed by atoms with van der Waals surface area (Å²) in [6.45, 7) is 0. The molecule has 0 bridgehead atoms. The summed E-state index contributed by atoms with van der Waals surface area (Å²) >= 11 is 12.5. The van der Waals surface area contributed by atoms with Crippen LogP contribution in [0.2, 0.25) is 8.67 Å². The third kappa shape index (κ3) is 4.66. The first kappa shape index (κ1) is 16.7. The van der Waals surface area contributed by atoms with Gasteiger partial charge in [0, 0.05) is 6.42 Å². The first-order chi connectivity index (χ1) is 9.35. The lowest BCUT2D eigenvalue weighted by molar-refractivity contribution is -0.142. The van der Waals surface area contributed by atoms with Gasteiger partial charge in [-0.05, 0) is 12.5 Å². The number of methoxy groups -OCH3 is 1. The zero-order valence-corrected chi connectivity index (χ0v) is 12.6. The van der Waals surface area contributed by atoms with E-state index < -0.39 is 23.9 Å². The van der Waals surface area contributed by atoms with Gasteiger partial charge in [-0.3, -0.25) is 9.59 Å². The fourth-order valence-electron chi connectivity index (χ4n) is 1.35. The summed E-state index contributed by atoms with van der Waals surface area (Å²) in [6, 6.07) is 0.139. The quantitative estimate of drug-likeness (QED) is 0.775. The largest absolute Gasteiger partial charge is 0.480 e. The van der Waals surface area contributed by atoms with Crippen LogP contribution in [-0.4, -0.2) is 36.1 Å². The van der Waals surface area contributed by atoms with Crippen LogP contribution in [0.25, 0.3) is 0 Å². The van der Waals surface area contributed by atoms with E-state index in [1.807, 2.05) is 0 Å². The van der Waals surface area contributed by atoms with E-state index in [1.165, 1.54) is 13.2 Å². The van der Waals surface area contributed by atoms with Gasteiger partial charge in [-0.1, -0.05) is 23.2 Å². The second-order valence-corrected chi connectivity index (χ2v) is 6.00. The van der Waals surface area contributed by atoms with Crippen LogP contribution in [0.5, 0.6) is 0 Å². The van der Waals surface area contributed by atoms with E-state index in [2.05, 4.69) is 10.1 Å². The van der Waals surface area contributed by atoms with E-state index in [0.29, 0.717) is 4.34 Å². The van der Waals surface area contributed by atoms with Crippen LogP contribution in [0, 0.1) is 0 Å². The van der Waals surface area contributed by atoms with Gasteiger partial charge in [0.15, 0.2) is 0 Å². The normalized spacial score (nSPS) is 11.8. The van der Waals surface area contributed by atoms with Crippen molar-refractivity contribution in [2.45, 2.75) is 18.9 Å². The molecule has 1 aromatic heterocycles. The molecule has 0 fully saturated rings. The van der Waals surface area contributed by atoms with Gasteiger partial charge < -0.3 is 15.2 Å². The number of ether oxygens (including phenoxy) is 1. The van der Waals surface area contributed by atoms with E-state index in [4.69, 9.17) is 28.3 Å². The maximum Gasteiger partial charge on any atom is 0.326 e. The number of halogens is 2. The molecule has 1 atom stereocenters. The zero-order chi connectivity index (χ0) is 15.3. The number of thiophene rings is 1. The number of esters is 1. The number of carbonyl (C=O) groups is 3. The molecule has 20 heavy (non-hydrogen) atoms. The minimum absolute atomic E-state index is 0.0801. The van der Waals surface area contributed by atoms with Gasteiger partial charge in [0.1, 0.15) is 10.4 Å². The van der Waals surface area contributed by atoms with Crippen LogP contribution < -0.4 is 5.32 Å². The molecule has 0 aliphatic carbocycles. The second-order valence-electron chi connectivity index (χ2n) is 3.72. The average molecular weight is 340 g/mol. The minimum Gasteiger partial charge on any atom is -0.480 e. The summed E-state index contributed by atoms with van der Waals surface area (Å²) in [5.41, 5.74) is 0.103. The molecule has 0 spiro atoms. The maximum absolute atomic E-state index is 11.9. The second kappa shape index (κ2) is 7.47. The van der Waals surface area contributed by atoms with Gasteiger partial charge in [0.05, 0.1) is 17.0 Å². The van der Waals surface area contributed by atoms with Crippen molar-refractivity contribution in [3.63, 3.8) is 0 Å². The van der Waals surface area contributed by atoms with Crippen molar-refractivity contribution < 1.29 is 24.2 Å². The number of hydrogen-bond acceptors (Lipinski definition) is 5. The third-order valence-electron chi connectivity index (χ3n) is 2.37. The smallest absolute Gasteiger partial charge is 0.326 e. The summed E-state index contributed by atoms with van der Waals surface area (Å²) in [4.78, 5) is 33.9. The molecule has 6 nitrogen and oxygen atoms in total. The summed E-state index contributed by atoms with van der Waals surface area (Å²) in [7, 11) is 1.20. The Bertz CT molecular complexity index is 531. The number of nitrogens with one attached hydrogen (secondary N) is 1. The Hall–Kier alpha value is -1.31. The molecule has 0 aromatic carbocycles. The lowest BCUT2D eigenvalue weighted by Gasteiger charge is -2.13. The minimum atomic E-state index is -1.25. The predicted octanol–water partition coefficient (Wildman–Crippen LogP) is 2.19. The van der Waals surface area contributed by atoms with Gasteiger partial charge in [0.2, 0.25) is 0 Å².